The first-order valence-electron chi connectivity index (χ1n) is 5.61. The summed E-state index contributed by atoms with van der Waals surface area (Å²) in [4.78, 5) is 0. The Bertz CT molecular complexity index is 202. The topological polar surface area (TPSA) is 12.5 Å². The Labute approximate surface area is 97.2 Å². The van der Waals surface area contributed by atoms with Crippen LogP contribution in [0.5, 0.6) is 0 Å². The summed E-state index contributed by atoms with van der Waals surface area (Å²) in [6.45, 7) is 4.56. The summed E-state index contributed by atoms with van der Waals surface area (Å²) in [6, 6.07) is 0. The molecule has 3 unspecified atom stereocenters. The summed E-state index contributed by atoms with van der Waals surface area (Å²) in [6.07, 6.45) is 8.64. The van der Waals surface area contributed by atoms with Gasteiger partial charge in [0.25, 0.3) is 0 Å². The molecule has 0 aromatic heterocycles. The summed E-state index contributed by atoms with van der Waals surface area (Å²) in [5.41, 5.74) is 0.273. The maximum absolute atomic E-state index is 5.63. The van der Waals surface area contributed by atoms with E-state index in [0.29, 0.717) is 25.3 Å². The van der Waals surface area contributed by atoms with Crippen LogP contribution in [0, 0.1) is 5.92 Å². The van der Waals surface area contributed by atoms with E-state index < -0.39 is 0 Å². The van der Waals surface area contributed by atoms with E-state index in [1.165, 1.54) is 12.8 Å². The SMILES string of the molecule is CCC(C)CC12CC=CC1O2.[CH3][Ti][CH3]. The first-order chi connectivity index (χ1) is 6.68. The average molecular weight is 230 g/mol. The fraction of sp³-hybridized carbons (Fsp3) is 0.833. The number of rotatable bonds is 3. The third kappa shape index (κ3) is 2.95. The van der Waals surface area contributed by atoms with Gasteiger partial charge in [0.15, 0.2) is 0 Å². The minimum absolute atomic E-state index is 0.273. The van der Waals surface area contributed by atoms with E-state index in [4.69, 9.17) is 4.74 Å². The van der Waals surface area contributed by atoms with Gasteiger partial charge >= 0.3 is 29.6 Å². The van der Waals surface area contributed by atoms with Gasteiger partial charge < -0.3 is 4.74 Å². The van der Waals surface area contributed by atoms with Crippen molar-refractivity contribution in [3.8, 4) is 0 Å². The van der Waals surface area contributed by atoms with Crippen LogP contribution in [-0.4, -0.2) is 11.7 Å². The maximum atomic E-state index is 5.63. The van der Waals surface area contributed by atoms with Crippen molar-refractivity contribution in [2.24, 2.45) is 5.92 Å². The standard InChI is InChI=1S/C10H16O.2CH3.Ti/c1-3-8(2)7-10-6-4-5-9(10)11-10;;;/h4-5,8-9H,3,6-7H2,1-2H3;2*1H3;. The second-order valence-electron chi connectivity index (χ2n) is 4.45. The fourth-order valence-electron chi connectivity index (χ4n) is 1.97. The Morgan fingerprint density at radius 1 is 1.57 bits per heavy atom. The Morgan fingerprint density at radius 3 is 2.57 bits per heavy atom. The molecular formula is C12H22OTi. The molecule has 0 amide bonds. The third-order valence-corrected chi connectivity index (χ3v) is 2.99. The van der Waals surface area contributed by atoms with Crippen molar-refractivity contribution < 1.29 is 23.9 Å². The van der Waals surface area contributed by atoms with Gasteiger partial charge in [0, 0.05) is 0 Å². The van der Waals surface area contributed by atoms with Crippen LogP contribution in [0.3, 0.4) is 0 Å². The molecule has 0 N–H and O–H groups in total. The van der Waals surface area contributed by atoms with E-state index in [-0.39, 0.29) is 5.60 Å². The van der Waals surface area contributed by atoms with Gasteiger partial charge in [-0.15, -0.1) is 0 Å². The molecule has 1 heterocycles. The first kappa shape index (κ1) is 12.5. The fourth-order valence-corrected chi connectivity index (χ4v) is 1.97. The van der Waals surface area contributed by atoms with E-state index in [9.17, 15) is 0 Å². The number of hydrogen-bond donors (Lipinski definition) is 0. The Hall–Kier alpha value is 0.414. The normalized spacial score (nSPS) is 34.1. The summed E-state index contributed by atoms with van der Waals surface area (Å²) >= 11 is 0.500. The molecule has 0 radical (unpaired) electrons. The Kier molecular flexibility index (Phi) is 4.89. The van der Waals surface area contributed by atoms with Crippen molar-refractivity contribution in [3.05, 3.63) is 12.2 Å². The molecule has 0 saturated carbocycles. The number of epoxide rings is 1. The van der Waals surface area contributed by atoms with Gasteiger partial charge in [-0.25, -0.2) is 0 Å². The van der Waals surface area contributed by atoms with E-state index in [2.05, 4.69) is 36.5 Å². The van der Waals surface area contributed by atoms with Crippen molar-refractivity contribution in [2.75, 3.05) is 0 Å². The van der Waals surface area contributed by atoms with Crippen molar-refractivity contribution in [2.45, 2.75) is 55.3 Å². The third-order valence-electron chi connectivity index (χ3n) is 2.99. The number of ether oxygens (including phenoxy) is 1. The zero-order chi connectivity index (χ0) is 10.6. The molecule has 1 aliphatic carbocycles. The molecule has 0 aromatic rings. The van der Waals surface area contributed by atoms with Crippen LogP contribution in [0.4, 0.5) is 0 Å². The van der Waals surface area contributed by atoms with Crippen LogP contribution >= 0.6 is 0 Å². The molecule has 14 heavy (non-hydrogen) atoms. The summed E-state index contributed by atoms with van der Waals surface area (Å²) in [5.74, 6) is 0.819. The predicted octanol–water partition coefficient (Wildman–Crippen LogP) is 3.69. The van der Waals surface area contributed by atoms with E-state index in [1.807, 2.05) is 0 Å². The number of hydrogen-bond acceptors (Lipinski definition) is 1. The van der Waals surface area contributed by atoms with Crippen LogP contribution in [0.15, 0.2) is 12.2 Å². The molecule has 0 spiro atoms. The van der Waals surface area contributed by atoms with E-state index in [0.717, 1.165) is 12.3 Å². The quantitative estimate of drug-likeness (QED) is 0.409. The predicted molar refractivity (Wildman–Crippen MR) is 57.2 cm³/mol. The molecule has 1 fully saturated rings. The van der Waals surface area contributed by atoms with E-state index >= 15 is 0 Å². The molecule has 1 aliphatic heterocycles. The molecule has 1 saturated heterocycles. The first-order valence-corrected chi connectivity index (χ1v) is 8.73. The van der Waals surface area contributed by atoms with Gasteiger partial charge in [-0.05, 0) is 18.8 Å². The van der Waals surface area contributed by atoms with Crippen LogP contribution in [0.2, 0.25) is 10.5 Å². The van der Waals surface area contributed by atoms with Crippen molar-refractivity contribution in [3.63, 3.8) is 0 Å². The summed E-state index contributed by atoms with van der Waals surface area (Å²) < 4.78 is 5.63. The van der Waals surface area contributed by atoms with Crippen molar-refractivity contribution >= 4 is 0 Å². The Morgan fingerprint density at radius 2 is 2.21 bits per heavy atom. The zero-order valence-corrected chi connectivity index (χ0v) is 11.4. The number of fused-ring (bicyclic) bond motifs is 1. The summed E-state index contributed by atoms with van der Waals surface area (Å²) in [5, 5.41) is 4.50. The van der Waals surface area contributed by atoms with Gasteiger partial charge in [-0.1, -0.05) is 32.4 Å². The molecule has 0 bridgehead atoms. The van der Waals surface area contributed by atoms with Gasteiger partial charge in [0.2, 0.25) is 0 Å². The average Bonchev–Trinajstić information content (AvgIpc) is 2.69. The van der Waals surface area contributed by atoms with Crippen LogP contribution in [0.25, 0.3) is 0 Å². The molecule has 3 atom stereocenters. The molecular weight excluding hydrogens is 208 g/mol. The molecule has 0 aromatic carbocycles. The summed E-state index contributed by atoms with van der Waals surface area (Å²) in [7, 11) is 0. The molecule has 1 nitrogen and oxygen atoms in total. The van der Waals surface area contributed by atoms with Gasteiger partial charge in [-0.3, -0.25) is 0 Å². The van der Waals surface area contributed by atoms with Crippen LogP contribution in [0.1, 0.15) is 33.1 Å². The monoisotopic (exact) mass is 230 g/mol. The van der Waals surface area contributed by atoms with Gasteiger partial charge in [-0.2, -0.15) is 0 Å². The van der Waals surface area contributed by atoms with Gasteiger partial charge in [0.1, 0.15) is 11.7 Å². The van der Waals surface area contributed by atoms with Crippen molar-refractivity contribution in [1.82, 2.24) is 0 Å². The van der Waals surface area contributed by atoms with Gasteiger partial charge in [0.05, 0.1) is 0 Å². The van der Waals surface area contributed by atoms with Crippen LogP contribution < -0.4 is 0 Å². The molecule has 2 heteroatoms. The molecule has 2 aliphatic rings. The van der Waals surface area contributed by atoms with E-state index in [1.54, 1.807) is 0 Å². The van der Waals surface area contributed by atoms with Crippen LogP contribution in [-0.2, 0) is 23.9 Å². The Balaban J connectivity index is 0.000000293. The van der Waals surface area contributed by atoms with Crippen molar-refractivity contribution in [1.29, 1.82) is 0 Å². The molecule has 2 rings (SSSR count). The minimum atomic E-state index is 0.273. The second-order valence-corrected chi connectivity index (χ2v) is 6.01. The molecule has 80 valence electrons. The zero-order valence-electron chi connectivity index (χ0n) is 9.84. The second kappa shape index (κ2) is 5.48.